The van der Waals surface area contributed by atoms with Crippen molar-refractivity contribution < 1.29 is 0 Å². The fourth-order valence-corrected chi connectivity index (χ4v) is 2.73. The third kappa shape index (κ3) is 5.03. The summed E-state index contributed by atoms with van der Waals surface area (Å²) in [6, 6.07) is 10.3. The Balaban J connectivity index is 1.74. The van der Waals surface area contributed by atoms with Crippen molar-refractivity contribution in [3.63, 3.8) is 0 Å². The number of anilines is 1. The molecule has 102 valence electrons. The molecule has 0 bridgehead atoms. The van der Waals surface area contributed by atoms with E-state index in [4.69, 9.17) is 4.98 Å². The van der Waals surface area contributed by atoms with Crippen LogP contribution in [0.2, 0.25) is 0 Å². The number of thiazole rings is 1. The van der Waals surface area contributed by atoms with Crippen LogP contribution in [0.5, 0.6) is 0 Å². The van der Waals surface area contributed by atoms with Crippen LogP contribution in [0, 0.1) is 5.92 Å². The van der Waals surface area contributed by atoms with E-state index >= 15 is 0 Å². The molecule has 1 aromatic heterocycles. The zero-order chi connectivity index (χ0) is 13.5. The summed E-state index contributed by atoms with van der Waals surface area (Å²) in [5, 5.41) is 6.89. The van der Waals surface area contributed by atoms with Gasteiger partial charge >= 0.3 is 0 Å². The second-order valence-corrected chi connectivity index (χ2v) is 6.15. The smallest absolute Gasteiger partial charge is 0.0928 e. The predicted octanol–water partition coefficient (Wildman–Crippen LogP) is 4.39. The van der Waals surface area contributed by atoms with Gasteiger partial charge in [-0.15, -0.1) is 11.3 Å². The van der Waals surface area contributed by atoms with E-state index in [2.05, 4.69) is 48.8 Å². The maximum atomic E-state index is 4.69. The van der Waals surface area contributed by atoms with Gasteiger partial charge in [-0.05, 0) is 30.9 Å². The molecular formula is C16H22N2S. The lowest BCUT2D eigenvalue weighted by molar-refractivity contribution is 0.585. The maximum absolute atomic E-state index is 4.69. The number of aryl methyl sites for hydroxylation is 1. The SMILES string of the molecule is CC(C)CCc1nc(CCNc2ccccc2)cs1. The second-order valence-electron chi connectivity index (χ2n) is 5.21. The minimum Gasteiger partial charge on any atom is -0.385 e. The van der Waals surface area contributed by atoms with Gasteiger partial charge in [-0.25, -0.2) is 4.98 Å². The molecule has 0 spiro atoms. The highest BCUT2D eigenvalue weighted by molar-refractivity contribution is 7.09. The normalized spacial score (nSPS) is 10.9. The summed E-state index contributed by atoms with van der Waals surface area (Å²) in [5.41, 5.74) is 2.39. The zero-order valence-corrected chi connectivity index (χ0v) is 12.5. The van der Waals surface area contributed by atoms with Crippen molar-refractivity contribution in [3.8, 4) is 0 Å². The standard InChI is InChI=1S/C16H22N2S/c1-13(2)8-9-16-18-15(12-19-16)10-11-17-14-6-4-3-5-7-14/h3-7,12-13,17H,8-11H2,1-2H3. The lowest BCUT2D eigenvalue weighted by Gasteiger charge is -2.04. The molecule has 2 rings (SSSR count). The molecule has 0 aliphatic heterocycles. The third-order valence-electron chi connectivity index (χ3n) is 3.02. The Morgan fingerprint density at radius 1 is 1.16 bits per heavy atom. The Morgan fingerprint density at radius 3 is 2.68 bits per heavy atom. The molecule has 0 aliphatic carbocycles. The van der Waals surface area contributed by atoms with Crippen LogP contribution in [0.3, 0.4) is 0 Å². The number of nitrogens with one attached hydrogen (secondary N) is 1. The Kier molecular flexibility index (Phi) is 5.40. The van der Waals surface area contributed by atoms with Crippen LogP contribution in [-0.4, -0.2) is 11.5 Å². The summed E-state index contributed by atoms with van der Waals surface area (Å²) in [6.45, 7) is 5.47. The summed E-state index contributed by atoms with van der Waals surface area (Å²) in [5.74, 6) is 0.757. The topological polar surface area (TPSA) is 24.9 Å². The zero-order valence-electron chi connectivity index (χ0n) is 11.7. The molecule has 1 aromatic carbocycles. The van der Waals surface area contributed by atoms with Crippen LogP contribution >= 0.6 is 11.3 Å². The Bertz CT molecular complexity index is 477. The average molecular weight is 274 g/mol. The van der Waals surface area contributed by atoms with Crippen molar-refractivity contribution in [1.82, 2.24) is 4.98 Å². The van der Waals surface area contributed by atoms with E-state index in [9.17, 15) is 0 Å². The van der Waals surface area contributed by atoms with Crippen molar-refractivity contribution >= 4 is 17.0 Å². The van der Waals surface area contributed by atoms with Crippen LogP contribution in [0.25, 0.3) is 0 Å². The second kappa shape index (κ2) is 7.29. The van der Waals surface area contributed by atoms with E-state index in [0.29, 0.717) is 0 Å². The molecule has 1 N–H and O–H groups in total. The summed E-state index contributed by atoms with van der Waals surface area (Å²) in [7, 11) is 0. The molecule has 2 aromatic rings. The van der Waals surface area contributed by atoms with E-state index in [1.54, 1.807) is 11.3 Å². The molecule has 1 heterocycles. The highest BCUT2D eigenvalue weighted by Crippen LogP contribution is 2.15. The third-order valence-corrected chi connectivity index (χ3v) is 3.98. The number of benzene rings is 1. The molecule has 19 heavy (non-hydrogen) atoms. The molecule has 0 radical (unpaired) electrons. The molecule has 3 heteroatoms. The highest BCUT2D eigenvalue weighted by Gasteiger charge is 2.03. The molecular weight excluding hydrogens is 252 g/mol. The lowest BCUT2D eigenvalue weighted by atomic mass is 10.1. The number of nitrogens with zero attached hydrogens (tertiary/aromatic N) is 1. The van der Waals surface area contributed by atoms with Crippen molar-refractivity contribution in [1.29, 1.82) is 0 Å². The van der Waals surface area contributed by atoms with Gasteiger partial charge < -0.3 is 5.32 Å². The van der Waals surface area contributed by atoms with Crippen molar-refractivity contribution in [2.75, 3.05) is 11.9 Å². The van der Waals surface area contributed by atoms with Gasteiger partial charge in [0.05, 0.1) is 10.7 Å². The highest BCUT2D eigenvalue weighted by atomic mass is 32.1. The number of hydrogen-bond donors (Lipinski definition) is 1. The van der Waals surface area contributed by atoms with Crippen LogP contribution in [0.15, 0.2) is 35.7 Å². The van der Waals surface area contributed by atoms with Gasteiger partial charge in [0.15, 0.2) is 0 Å². The summed E-state index contributed by atoms with van der Waals surface area (Å²) < 4.78 is 0. The first-order valence-electron chi connectivity index (χ1n) is 6.96. The molecule has 2 nitrogen and oxygen atoms in total. The van der Waals surface area contributed by atoms with Crippen LogP contribution in [0.4, 0.5) is 5.69 Å². The molecule has 0 saturated heterocycles. The number of hydrogen-bond acceptors (Lipinski definition) is 3. The summed E-state index contributed by atoms with van der Waals surface area (Å²) in [4.78, 5) is 4.69. The Morgan fingerprint density at radius 2 is 1.95 bits per heavy atom. The summed E-state index contributed by atoms with van der Waals surface area (Å²) >= 11 is 1.80. The quantitative estimate of drug-likeness (QED) is 0.810. The van der Waals surface area contributed by atoms with Crippen molar-refractivity contribution in [2.45, 2.75) is 33.1 Å². The largest absolute Gasteiger partial charge is 0.385 e. The van der Waals surface area contributed by atoms with Gasteiger partial charge in [-0.3, -0.25) is 0 Å². The van der Waals surface area contributed by atoms with Gasteiger partial charge in [0, 0.05) is 24.0 Å². The number of rotatable bonds is 7. The van der Waals surface area contributed by atoms with Crippen molar-refractivity contribution in [3.05, 3.63) is 46.4 Å². The van der Waals surface area contributed by atoms with E-state index in [0.717, 1.165) is 25.3 Å². The fourth-order valence-electron chi connectivity index (χ4n) is 1.88. The molecule has 0 fully saturated rings. The Labute approximate surface area is 119 Å². The first kappa shape index (κ1) is 14.1. The molecule has 0 amide bonds. The van der Waals surface area contributed by atoms with Gasteiger partial charge in [-0.1, -0.05) is 32.0 Å². The van der Waals surface area contributed by atoms with E-state index in [1.807, 2.05) is 6.07 Å². The average Bonchev–Trinajstić information content (AvgIpc) is 2.86. The summed E-state index contributed by atoms with van der Waals surface area (Å²) in [6.07, 6.45) is 3.34. The molecule has 0 atom stereocenters. The van der Waals surface area contributed by atoms with Crippen LogP contribution in [-0.2, 0) is 12.8 Å². The van der Waals surface area contributed by atoms with Gasteiger partial charge in [0.2, 0.25) is 0 Å². The molecule has 0 unspecified atom stereocenters. The lowest BCUT2D eigenvalue weighted by Crippen LogP contribution is -2.05. The van der Waals surface area contributed by atoms with Gasteiger partial charge in [0.1, 0.15) is 0 Å². The Hall–Kier alpha value is -1.35. The van der Waals surface area contributed by atoms with E-state index in [1.165, 1.54) is 22.8 Å². The minimum absolute atomic E-state index is 0.757. The minimum atomic E-state index is 0.757. The van der Waals surface area contributed by atoms with E-state index < -0.39 is 0 Å². The first-order chi connectivity index (χ1) is 9.24. The van der Waals surface area contributed by atoms with Gasteiger partial charge in [0.25, 0.3) is 0 Å². The first-order valence-corrected chi connectivity index (χ1v) is 7.84. The van der Waals surface area contributed by atoms with Gasteiger partial charge in [-0.2, -0.15) is 0 Å². The predicted molar refractivity (Wildman–Crippen MR) is 83.9 cm³/mol. The van der Waals surface area contributed by atoms with E-state index in [-0.39, 0.29) is 0 Å². The monoisotopic (exact) mass is 274 g/mol. The van der Waals surface area contributed by atoms with Crippen molar-refractivity contribution in [2.24, 2.45) is 5.92 Å². The molecule has 0 aliphatic rings. The number of aromatic nitrogens is 1. The maximum Gasteiger partial charge on any atom is 0.0928 e. The molecule has 0 saturated carbocycles. The van der Waals surface area contributed by atoms with Crippen LogP contribution in [0.1, 0.15) is 31.0 Å². The fraction of sp³-hybridized carbons (Fsp3) is 0.438. The number of para-hydroxylation sites is 1. The van der Waals surface area contributed by atoms with Crippen LogP contribution < -0.4 is 5.32 Å².